The minimum atomic E-state index is 1.08. The van der Waals surface area contributed by atoms with Crippen LogP contribution in [0.1, 0.15) is 84.5 Å². The molecular formula is C16H31. The first-order valence-electron chi connectivity index (χ1n) is 7.32. The molecule has 0 unspecified atom stereocenters. The lowest BCUT2D eigenvalue weighted by molar-refractivity contribution is 0.610. The average molecular weight is 223 g/mol. The van der Waals surface area contributed by atoms with Crippen LogP contribution >= 0.6 is 0 Å². The molecule has 0 saturated heterocycles. The van der Waals surface area contributed by atoms with Gasteiger partial charge in [-0.05, 0) is 32.1 Å². The third-order valence-corrected chi connectivity index (χ3v) is 3.19. The fourth-order valence-electron chi connectivity index (χ4n) is 2.01. The van der Waals surface area contributed by atoms with Crippen LogP contribution < -0.4 is 0 Å². The number of unbranched alkanes of at least 4 members (excludes halogenated alkanes) is 7. The molecule has 0 bridgehead atoms. The van der Waals surface area contributed by atoms with Crippen LogP contribution in [0.25, 0.3) is 0 Å². The Hall–Kier alpha value is -0.260. The van der Waals surface area contributed by atoms with Gasteiger partial charge in [0.1, 0.15) is 0 Å². The van der Waals surface area contributed by atoms with E-state index >= 15 is 0 Å². The van der Waals surface area contributed by atoms with E-state index in [1.54, 1.807) is 5.57 Å². The topological polar surface area (TPSA) is 0 Å². The maximum absolute atomic E-state index is 3.90. The van der Waals surface area contributed by atoms with E-state index in [0.717, 1.165) is 6.42 Å². The molecular weight excluding hydrogens is 192 g/mol. The second kappa shape index (κ2) is 12.8. The summed E-state index contributed by atoms with van der Waals surface area (Å²) in [6, 6.07) is 0. The van der Waals surface area contributed by atoms with E-state index in [-0.39, 0.29) is 0 Å². The van der Waals surface area contributed by atoms with Gasteiger partial charge >= 0.3 is 0 Å². The van der Waals surface area contributed by atoms with E-state index in [1.165, 1.54) is 64.2 Å². The zero-order valence-electron chi connectivity index (χ0n) is 11.6. The lowest BCUT2D eigenvalue weighted by Crippen LogP contribution is -1.83. The van der Waals surface area contributed by atoms with Crippen molar-refractivity contribution in [2.45, 2.75) is 84.5 Å². The van der Waals surface area contributed by atoms with E-state index in [9.17, 15) is 0 Å². The Morgan fingerprint density at radius 3 is 2.25 bits per heavy atom. The summed E-state index contributed by atoms with van der Waals surface area (Å²) >= 11 is 0. The Morgan fingerprint density at radius 2 is 1.62 bits per heavy atom. The summed E-state index contributed by atoms with van der Waals surface area (Å²) in [4.78, 5) is 0. The minimum Gasteiger partial charge on any atom is -0.0853 e. The van der Waals surface area contributed by atoms with Crippen molar-refractivity contribution in [2.24, 2.45) is 0 Å². The summed E-state index contributed by atoms with van der Waals surface area (Å²) < 4.78 is 0. The minimum absolute atomic E-state index is 1.08. The fourth-order valence-corrected chi connectivity index (χ4v) is 2.01. The van der Waals surface area contributed by atoms with Gasteiger partial charge in [0.05, 0.1) is 0 Å². The van der Waals surface area contributed by atoms with Crippen LogP contribution in [-0.4, -0.2) is 0 Å². The first-order valence-corrected chi connectivity index (χ1v) is 7.32. The van der Waals surface area contributed by atoms with Crippen LogP contribution in [0.3, 0.4) is 0 Å². The SMILES string of the molecule is [CH2]CCCC(=CCCCCCCCC)CC. The van der Waals surface area contributed by atoms with E-state index in [2.05, 4.69) is 26.8 Å². The molecule has 0 aliphatic rings. The largest absolute Gasteiger partial charge is 0.0853 e. The summed E-state index contributed by atoms with van der Waals surface area (Å²) in [6.45, 7) is 8.45. The molecule has 0 rings (SSSR count). The van der Waals surface area contributed by atoms with Crippen LogP contribution in [0.4, 0.5) is 0 Å². The van der Waals surface area contributed by atoms with Gasteiger partial charge in [0, 0.05) is 0 Å². The predicted molar refractivity (Wildman–Crippen MR) is 75.6 cm³/mol. The maximum atomic E-state index is 3.90. The molecule has 0 saturated carbocycles. The van der Waals surface area contributed by atoms with Crippen LogP contribution in [0.15, 0.2) is 11.6 Å². The van der Waals surface area contributed by atoms with Gasteiger partial charge in [-0.3, -0.25) is 0 Å². The highest BCUT2D eigenvalue weighted by Crippen LogP contribution is 2.14. The summed E-state index contributed by atoms with van der Waals surface area (Å²) in [6.07, 6.45) is 17.1. The van der Waals surface area contributed by atoms with Gasteiger partial charge in [0.15, 0.2) is 0 Å². The first kappa shape index (κ1) is 15.7. The van der Waals surface area contributed by atoms with Gasteiger partial charge in [0.25, 0.3) is 0 Å². The highest BCUT2D eigenvalue weighted by molar-refractivity contribution is 5.00. The molecule has 1 radical (unpaired) electrons. The number of hydrogen-bond acceptors (Lipinski definition) is 0. The second-order valence-electron chi connectivity index (χ2n) is 4.73. The van der Waals surface area contributed by atoms with Crippen molar-refractivity contribution in [2.75, 3.05) is 0 Å². The monoisotopic (exact) mass is 223 g/mol. The zero-order chi connectivity index (χ0) is 12.1. The molecule has 0 nitrogen and oxygen atoms in total. The van der Waals surface area contributed by atoms with Gasteiger partial charge in [-0.15, -0.1) is 0 Å². The smallest absolute Gasteiger partial charge is 0.0320 e. The number of hydrogen-bond donors (Lipinski definition) is 0. The van der Waals surface area contributed by atoms with Crippen molar-refractivity contribution in [1.82, 2.24) is 0 Å². The quantitative estimate of drug-likeness (QED) is 0.294. The van der Waals surface area contributed by atoms with Gasteiger partial charge in [-0.2, -0.15) is 0 Å². The van der Waals surface area contributed by atoms with Crippen molar-refractivity contribution >= 4 is 0 Å². The third kappa shape index (κ3) is 10.3. The molecule has 0 fully saturated rings. The zero-order valence-corrected chi connectivity index (χ0v) is 11.6. The fraction of sp³-hybridized carbons (Fsp3) is 0.812. The molecule has 0 atom stereocenters. The highest BCUT2D eigenvalue weighted by atomic mass is 14.0. The molecule has 0 aromatic heterocycles. The van der Waals surface area contributed by atoms with Crippen LogP contribution in [-0.2, 0) is 0 Å². The average Bonchev–Trinajstić information content (AvgIpc) is 2.32. The molecule has 0 heterocycles. The van der Waals surface area contributed by atoms with Gasteiger partial charge in [-0.25, -0.2) is 0 Å². The first-order chi connectivity index (χ1) is 7.85. The van der Waals surface area contributed by atoms with Crippen molar-refractivity contribution < 1.29 is 0 Å². The molecule has 0 amide bonds. The molecule has 0 aromatic carbocycles. The lowest BCUT2D eigenvalue weighted by Gasteiger charge is -2.03. The Balaban J connectivity index is 3.40. The molecule has 0 heteroatoms. The predicted octanol–water partition coefficient (Wildman–Crippen LogP) is 6.08. The van der Waals surface area contributed by atoms with Crippen molar-refractivity contribution in [1.29, 1.82) is 0 Å². The normalized spacial score (nSPS) is 12.1. The van der Waals surface area contributed by atoms with Crippen LogP contribution in [0.5, 0.6) is 0 Å². The Bertz CT molecular complexity index is 155. The molecule has 0 aliphatic heterocycles. The molecule has 0 aliphatic carbocycles. The highest BCUT2D eigenvalue weighted by Gasteiger charge is 1.94. The van der Waals surface area contributed by atoms with Crippen molar-refractivity contribution in [3.63, 3.8) is 0 Å². The molecule has 95 valence electrons. The summed E-state index contributed by atoms with van der Waals surface area (Å²) in [5, 5.41) is 0. The van der Waals surface area contributed by atoms with Gasteiger partial charge in [-0.1, -0.05) is 70.9 Å². The summed E-state index contributed by atoms with van der Waals surface area (Å²) in [7, 11) is 0. The Kier molecular flexibility index (Phi) is 12.6. The van der Waals surface area contributed by atoms with Crippen molar-refractivity contribution in [3.05, 3.63) is 18.6 Å². The second-order valence-corrected chi connectivity index (χ2v) is 4.73. The lowest BCUT2D eigenvalue weighted by atomic mass is 10.0. The maximum Gasteiger partial charge on any atom is -0.0320 e. The standard InChI is InChI=1S/C16H31/c1-4-7-9-10-11-12-13-15-16(6-3)14-8-5-2/h15H,2,4-14H2,1,3H3. The summed E-state index contributed by atoms with van der Waals surface area (Å²) in [5.74, 6) is 0. The van der Waals surface area contributed by atoms with E-state index < -0.39 is 0 Å². The number of rotatable bonds is 11. The number of allylic oxidation sites excluding steroid dienone is 2. The van der Waals surface area contributed by atoms with E-state index in [0.29, 0.717) is 0 Å². The van der Waals surface area contributed by atoms with Crippen LogP contribution in [0.2, 0.25) is 0 Å². The van der Waals surface area contributed by atoms with E-state index in [4.69, 9.17) is 0 Å². The Labute approximate surface area is 104 Å². The van der Waals surface area contributed by atoms with Crippen molar-refractivity contribution in [3.8, 4) is 0 Å². The molecule has 16 heavy (non-hydrogen) atoms. The Morgan fingerprint density at radius 1 is 0.938 bits per heavy atom. The molecule has 0 spiro atoms. The summed E-state index contributed by atoms with van der Waals surface area (Å²) in [5.41, 5.74) is 1.65. The third-order valence-electron chi connectivity index (χ3n) is 3.19. The van der Waals surface area contributed by atoms with E-state index in [1.807, 2.05) is 0 Å². The van der Waals surface area contributed by atoms with Gasteiger partial charge < -0.3 is 0 Å². The van der Waals surface area contributed by atoms with Gasteiger partial charge in [0.2, 0.25) is 0 Å². The van der Waals surface area contributed by atoms with Crippen LogP contribution in [0, 0.1) is 6.92 Å². The molecule has 0 aromatic rings. The molecule has 0 N–H and O–H groups in total.